The van der Waals surface area contributed by atoms with Gasteiger partial charge in [-0.15, -0.1) is 0 Å². The van der Waals surface area contributed by atoms with E-state index < -0.39 is 6.10 Å². The Hall–Kier alpha value is -2.50. The highest BCUT2D eigenvalue weighted by atomic mass is 16.5. The molecule has 0 bridgehead atoms. The van der Waals surface area contributed by atoms with Crippen molar-refractivity contribution in [3.05, 3.63) is 59.9 Å². The number of hydrogen-bond donors (Lipinski definition) is 1. The molecule has 2 aromatic carbocycles. The minimum atomic E-state index is -0.498. The summed E-state index contributed by atoms with van der Waals surface area (Å²) in [6, 6.07) is 16.6. The summed E-state index contributed by atoms with van der Waals surface area (Å²) in [5.74, 6) is 1.95. The maximum Gasteiger partial charge on any atom is 0.134 e. The van der Waals surface area contributed by atoms with Gasteiger partial charge in [-0.05, 0) is 49.6 Å². The molecule has 0 saturated carbocycles. The average molecular weight is 407 g/mol. The van der Waals surface area contributed by atoms with Crippen molar-refractivity contribution in [3.8, 4) is 5.75 Å². The number of para-hydroxylation sites is 1. The molecule has 1 aliphatic heterocycles. The molecule has 2 aliphatic rings. The number of anilines is 1. The highest BCUT2D eigenvalue weighted by Crippen LogP contribution is 2.34. The van der Waals surface area contributed by atoms with Gasteiger partial charge in [0.25, 0.3) is 0 Å². The van der Waals surface area contributed by atoms with Crippen molar-refractivity contribution in [3.63, 3.8) is 0 Å². The number of rotatable bonds is 6. The molecule has 1 atom stereocenters. The van der Waals surface area contributed by atoms with Gasteiger partial charge >= 0.3 is 0 Å². The van der Waals surface area contributed by atoms with Crippen molar-refractivity contribution < 1.29 is 14.3 Å². The third kappa shape index (κ3) is 4.18. The quantitative estimate of drug-likeness (QED) is 0.673. The lowest BCUT2D eigenvalue weighted by Gasteiger charge is -2.36. The van der Waals surface area contributed by atoms with Crippen LogP contribution < -0.4 is 9.64 Å². The molecule has 2 heterocycles. The molecule has 3 aromatic rings. The van der Waals surface area contributed by atoms with Crippen LogP contribution in [0.15, 0.2) is 52.9 Å². The number of furan rings is 1. The van der Waals surface area contributed by atoms with Crippen LogP contribution >= 0.6 is 0 Å². The maximum atomic E-state index is 10.5. The van der Waals surface area contributed by atoms with Gasteiger partial charge in [0.05, 0.1) is 0 Å². The Kier molecular flexibility index (Phi) is 5.65. The van der Waals surface area contributed by atoms with Crippen LogP contribution in [0.1, 0.15) is 24.2 Å². The molecule has 5 heteroatoms. The van der Waals surface area contributed by atoms with Gasteiger partial charge in [-0.25, -0.2) is 0 Å². The largest absolute Gasteiger partial charge is 0.491 e. The summed E-state index contributed by atoms with van der Waals surface area (Å²) in [6.45, 7) is 4.84. The van der Waals surface area contributed by atoms with Crippen LogP contribution in [0.4, 0.5) is 5.69 Å². The first-order chi connectivity index (χ1) is 14.8. The fraction of sp³-hybridized carbons (Fsp3) is 0.440. The average Bonchev–Trinajstić information content (AvgIpc) is 3.17. The van der Waals surface area contributed by atoms with Crippen molar-refractivity contribution in [2.24, 2.45) is 0 Å². The molecule has 1 saturated heterocycles. The summed E-state index contributed by atoms with van der Waals surface area (Å²) in [7, 11) is 0. The van der Waals surface area contributed by atoms with Gasteiger partial charge in [0.1, 0.15) is 29.8 Å². The molecular weight excluding hydrogens is 376 g/mol. The van der Waals surface area contributed by atoms with Crippen molar-refractivity contribution >= 4 is 16.7 Å². The van der Waals surface area contributed by atoms with E-state index >= 15 is 0 Å². The van der Waals surface area contributed by atoms with E-state index in [1.807, 2.05) is 12.1 Å². The van der Waals surface area contributed by atoms with E-state index in [0.29, 0.717) is 13.2 Å². The number of aliphatic hydroxyl groups is 1. The Morgan fingerprint density at radius 3 is 2.60 bits per heavy atom. The Bertz CT molecular complexity index is 977. The molecular formula is C25H30N2O3. The fourth-order valence-corrected chi connectivity index (χ4v) is 4.70. The summed E-state index contributed by atoms with van der Waals surface area (Å²) < 4.78 is 11.9. The molecule has 5 rings (SSSR count). The van der Waals surface area contributed by atoms with E-state index in [4.69, 9.17) is 9.15 Å². The third-order valence-electron chi connectivity index (χ3n) is 6.33. The van der Waals surface area contributed by atoms with Gasteiger partial charge in [0.2, 0.25) is 0 Å². The molecule has 1 fully saturated rings. The van der Waals surface area contributed by atoms with Gasteiger partial charge in [0.15, 0.2) is 0 Å². The first-order valence-corrected chi connectivity index (χ1v) is 11.1. The highest BCUT2D eigenvalue weighted by Gasteiger charge is 2.21. The molecule has 0 radical (unpaired) electrons. The number of hydrogen-bond acceptors (Lipinski definition) is 5. The first kappa shape index (κ1) is 19.5. The smallest absolute Gasteiger partial charge is 0.134 e. The molecule has 158 valence electrons. The predicted octanol–water partition coefficient (Wildman–Crippen LogP) is 3.87. The minimum absolute atomic E-state index is 0.310. The number of aliphatic hydroxyl groups excluding tert-OH is 1. The van der Waals surface area contributed by atoms with Crippen LogP contribution in [0.25, 0.3) is 11.0 Å². The topological polar surface area (TPSA) is 49.1 Å². The van der Waals surface area contributed by atoms with E-state index in [-0.39, 0.29) is 0 Å². The zero-order valence-corrected chi connectivity index (χ0v) is 17.4. The molecule has 30 heavy (non-hydrogen) atoms. The number of benzene rings is 2. The second kappa shape index (κ2) is 8.70. The molecule has 0 unspecified atom stereocenters. The Morgan fingerprint density at radius 1 is 0.967 bits per heavy atom. The maximum absolute atomic E-state index is 10.5. The predicted molar refractivity (Wildman–Crippen MR) is 119 cm³/mol. The molecule has 1 N–H and O–H groups in total. The number of aryl methyl sites for hydroxylation is 2. The Labute approximate surface area is 177 Å². The highest BCUT2D eigenvalue weighted by molar-refractivity contribution is 5.84. The number of ether oxygens (including phenoxy) is 1. The lowest BCUT2D eigenvalue weighted by atomic mass is 9.96. The third-order valence-corrected chi connectivity index (χ3v) is 6.33. The second-order valence-corrected chi connectivity index (χ2v) is 8.46. The van der Waals surface area contributed by atoms with E-state index in [0.717, 1.165) is 56.1 Å². The van der Waals surface area contributed by atoms with Gasteiger partial charge in [0, 0.05) is 55.8 Å². The first-order valence-electron chi connectivity index (χ1n) is 11.1. The second-order valence-electron chi connectivity index (χ2n) is 8.46. The zero-order valence-electron chi connectivity index (χ0n) is 17.4. The summed E-state index contributed by atoms with van der Waals surface area (Å²) >= 11 is 0. The van der Waals surface area contributed by atoms with Gasteiger partial charge in [-0.3, -0.25) is 4.90 Å². The Morgan fingerprint density at radius 2 is 1.77 bits per heavy atom. The molecule has 1 aliphatic carbocycles. The monoisotopic (exact) mass is 406 g/mol. The van der Waals surface area contributed by atoms with Crippen molar-refractivity contribution in [2.75, 3.05) is 44.2 Å². The van der Waals surface area contributed by atoms with Crippen LogP contribution in [-0.2, 0) is 12.8 Å². The standard InChI is InChI=1S/C25H30N2O3/c28-20(17-26-12-14-27(15-13-26)19-6-2-1-3-7-19)18-29-21-10-11-25-23(16-21)22-8-4-5-9-24(22)30-25/h1-3,6-7,10-11,16,20,28H,4-5,8-9,12-15,17-18H2/t20-/m0/s1. The van der Waals surface area contributed by atoms with Crippen LogP contribution in [-0.4, -0.2) is 55.4 Å². The summed E-state index contributed by atoms with van der Waals surface area (Å²) in [5, 5.41) is 11.7. The van der Waals surface area contributed by atoms with E-state index in [1.54, 1.807) is 0 Å². The van der Waals surface area contributed by atoms with Crippen LogP contribution in [0.3, 0.4) is 0 Å². The summed E-state index contributed by atoms with van der Waals surface area (Å²) in [5.41, 5.74) is 3.57. The van der Waals surface area contributed by atoms with Crippen molar-refractivity contribution in [1.82, 2.24) is 4.90 Å². The lowest BCUT2D eigenvalue weighted by Crippen LogP contribution is -2.49. The fourth-order valence-electron chi connectivity index (χ4n) is 4.70. The number of fused-ring (bicyclic) bond motifs is 3. The van der Waals surface area contributed by atoms with E-state index in [1.165, 1.54) is 29.5 Å². The van der Waals surface area contributed by atoms with Crippen LogP contribution in [0, 0.1) is 0 Å². The summed E-state index contributed by atoms with van der Waals surface area (Å²) in [4.78, 5) is 4.73. The van der Waals surface area contributed by atoms with Gasteiger partial charge in [-0.1, -0.05) is 18.2 Å². The normalized spacial score (nSPS) is 18.4. The zero-order chi connectivity index (χ0) is 20.3. The Balaban J connectivity index is 1.13. The van der Waals surface area contributed by atoms with Crippen molar-refractivity contribution in [2.45, 2.75) is 31.8 Å². The molecule has 1 aromatic heterocycles. The minimum Gasteiger partial charge on any atom is -0.491 e. The van der Waals surface area contributed by atoms with Crippen LogP contribution in [0.5, 0.6) is 5.75 Å². The molecule has 0 amide bonds. The molecule has 0 spiro atoms. The number of β-amino-alcohol motifs (C(OH)–C–C–N with tert-alkyl or cyclic N) is 1. The van der Waals surface area contributed by atoms with E-state index in [9.17, 15) is 5.11 Å². The van der Waals surface area contributed by atoms with Crippen LogP contribution in [0.2, 0.25) is 0 Å². The number of piperazine rings is 1. The van der Waals surface area contributed by atoms with Gasteiger partial charge in [-0.2, -0.15) is 0 Å². The molecule has 5 nitrogen and oxygen atoms in total. The van der Waals surface area contributed by atoms with Gasteiger partial charge < -0.3 is 19.2 Å². The number of nitrogens with zero attached hydrogens (tertiary/aromatic N) is 2. The van der Waals surface area contributed by atoms with E-state index in [2.05, 4.69) is 46.2 Å². The van der Waals surface area contributed by atoms with Crippen molar-refractivity contribution in [1.29, 1.82) is 0 Å². The SMILES string of the molecule is O[C@H](COc1ccc2oc3c(c2c1)CCCC3)CN1CCN(c2ccccc2)CC1. The summed E-state index contributed by atoms with van der Waals surface area (Å²) in [6.07, 6.45) is 4.06. The lowest BCUT2D eigenvalue weighted by molar-refractivity contribution is 0.0663.